The van der Waals surface area contributed by atoms with Crippen LogP contribution in [0, 0.1) is 11.6 Å². The van der Waals surface area contributed by atoms with Crippen LogP contribution < -0.4 is 5.32 Å². The van der Waals surface area contributed by atoms with E-state index in [-0.39, 0.29) is 17.5 Å². The molecular formula is C18H19F2N. The molecule has 1 nitrogen and oxygen atoms in total. The lowest BCUT2D eigenvalue weighted by Gasteiger charge is -2.37. The zero-order valence-electron chi connectivity index (χ0n) is 12.1. The maximum Gasteiger partial charge on any atom is 0.130 e. The Kier molecular flexibility index (Phi) is 4.02. The molecule has 21 heavy (non-hydrogen) atoms. The van der Waals surface area contributed by atoms with E-state index in [9.17, 15) is 8.78 Å². The molecular weight excluding hydrogens is 268 g/mol. The molecule has 1 aliphatic rings. The van der Waals surface area contributed by atoms with Gasteiger partial charge in [-0.05, 0) is 42.6 Å². The van der Waals surface area contributed by atoms with Crippen LogP contribution in [-0.4, -0.2) is 6.54 Å². The molecule has 110 valence electrons. The van der Waals surface area contributed by atoms with Gasteiger partial charge in [-0.25, -0.2) is 8.78 Å². The molecule has 2 aromatic rings. The second kappa shape index (κ2) is 5.94. The summed E-state index contributed by atoms with van der Waals surface area (Å²) >= 11 is 0. The van der Waals surface area contributed by atoms with Crippen LogP contribution in [0.4, 0.5) is 8.78 Å². The van der Waals surface area contributed by atoms with Crippen molar-refractivity contribution in [1.29, 1.82) is 0 Å². The van der Waals surface area contributed by atoms with Crippen molar-refractivity contribution in [3.63, 3.8) is 0 Å². The van der Waals surface area contributed by atoms with Gasteiger partial charge in [0.05, 0.1) is 0 Å². The van der Waals surface area contributed by atoms with Crippen molar-refractivity contribution in [3.05, 3.63) is 70.8 Å². The van der Waals surface area contributed by atoms with E-state index in [1.807, 2.05) is 12.1 Å². The van der Waals surface area contributed by atoms with Gasteiger partial charge in [0.2, 0.25) is 0 Å². The molecule has 2 aromatic carbocycles. The Morgan fingerprint density at radius 2 is 1.81 bits per heavy atom. The second-order valence-corrected chi connectivity index (χ2v) is 5.58. The van der Waals surface area contributed by atoms with Crippen molar-refractivity contribution in [2.75, 3.05) is 6.54 Å². The summed E-state index contributed by atoms with van der Waals surface area (Å²) in [5.74, 6) is -0.792. The lowest BCUT2D eigenvalue weighted by Crippen LogP contribution is -2.35. The van der Waals surface area contributed by atoms with E-state index in [4.69, 9.17) is 0 Å². The zero-order valence-corrected chi connectivity index (χ0v) is 12.1. The number of hydrogen-bond acceptors (Lipinski definition) is 1. The summed E-state index contributed by atoms with van der Waals surface area (Å²) in [4.78, 5) is 0. The molecule has 0 spiro atoms. The van der Waals surface area contributed by atoms with Gasteiger partial charge in [0.25, 0.3) is 0 Å². The fourth-order valence-electron chi connectivity index (χ4n) is 3.15. The molecule has 0 heterocycles. The third-order valence-electron chi connectivity index (χ3n) is 4.22. The largest absolute Gasteiger partial charge is 0.309 e. The summed E-state index contributed by atoms with van der Waals surface area (Å²) in [7, 11) is 0. The smallest absolute Gasteiger partial charge is 0.130 e. The van der Waals surface area contributed by atoms with Gasteiger partial charge in [-0.2, -0.15) is 0 Å². The van der Waals surface area contributed by atoms with Gasteiger partial charge in [0.15, 0.2) is 0 Å². The van der Waals surface area contributed by atoms with Crippen LogP contribution in [0.3, 0.4) is 0 Å². The Bertz CT molecular complexity index is 619. The summed E-state index contributed by atoms with van der Waals surface area (Å²) in [6.07, 6.45) is 1.80. The summed E-state index contributed by atoms with van der Waals surface area (Å²) in [6, 6.07) is 11.9. The van der Waals surface area contributed by atoms with E-state index in [0.717, 1.165) is 19.4 Å². The van der Waals surface area contributed by atoms with Crippen LogP contribution in [0.5, 0.6) is 0 Å². The highest BCUT2D eigenvalue weighted by Gasteiger charge is 2.35. The first kappa shape index (κ1) is 14.2. The van der Waals surface area contributed by atoms with Gasteiger partial charge in [0, 0.05) is 17.5 Å². The number of halogens is 2. The summed E-state index contributed by atoms with van der Waals surface area (Å²) in [5.41, 5.74) is 2.65. The highest BCUT2D eigenvalue weighted by molar-refractivity contribution is 5.43. The Morgan fingerprint density at radius 3 is 2.48 bits per heavy atom. The molecule has 0 amide bonds. The number of fused-ring (bicyclic) bond motifs is 1. The minimum absolute atomic E-state index is 0.138. The number of rotatable bonds is 5. The molecule has 3 rings (SSSR count). The predicted octanol–water partition coefficient (Wildman–Crippen LogP) is 4.35. The quantitative estimate of drug-likeness (QED) is 0.862. The van der Waals surface area contributed by atoms with E-state index < -0.39 is 11.6 Å². The number of hydrogen-bond donors (Lipinski definition) is 1. The normalized spacial score (nSPS) is 18.0. The van der Waals surface area contributed by atoms with Crippen LogP contribution in [0.1, 0.15) is 42.0 Å². The molecule has 0 fully saturated rings. The zero-order chi connectivity index (χ0) is 14.8. The summed E-state index contributed by atoms with van der Waals surface area (Å²) < 4.78 is 28.3. The van der Waals surface area contributed by atoms with Crippen molar-refractivity contribution in [2.45, 2.75) is 31.7 Å². The Hall–Kier alpha value is -1.74. The third-order valence-corrected chi connectivity index (χ3v) is 4.22. The van der Waals surface area contributed by atoms with Crippen molar-refractivity contribution >= 4 is 0 Å². The molecule has 2 atom stereocenters. The van der Waals surface area contributed by atoms with Crippen LogP contribution in [-0.2, 0) is 6.42 Å². The fourth-order valence-corrected chi connectivity index (χ4v) is 3.15. The molecule has 1 aliphatic carbocycles. The van der Waals surface area contributed by atoms with Crippen molar-refractivity contribution in [1.82, 2.24) is 5.32 Å². The van der Waals surface area contributed by atoms with Crippen LogP contribution in [0.25, 0.3) is 0 Å². The second-order valence-electron chi connectivity index (χ2n) is 5.58. The van der Waals surface area contributed by atoms with Crippen LogP contribution >= 0.6 is 0 Å². The van der Waals surface area contributed by atoms with E-state index in [2.05, 4.69) is 24.4 Å². The first-order valence-corrected chi connectivity index (χ1v) is 7.47. The maximum absolute atomic E-state index is 14.1. The van der Waals surface area contributed by atoms with Gasteiger partial charge < -0.3 is 5.32 Å². The lowest BCUT2D eigenvalue weighted by atomic mass is 9.71. The molecule has 0 radical (unpaired) electrons. The van der Waals surface area contributed by atoms with Gasteiger partial charge in [-0.3, -0.25) is 0 Å². The third kappa shape index (κ3) is 2.58. The highest BCUT2D eigenvalue weighted by Crippen LogP contribution is 2.44. The molecule has 0 bridgehead atoms. The monoisotopic (exact) mass is 287 g/mol. The Labute approximate surface area is 124 Å². The standard InChI is InChI=1S/C18H19F2N/c1-2-10-21-18(17-15(19)8-5-9-16(17)20)14-11-12-6-3-4-7-13(12)14/h3-9,14,18,21H,2,10-11H2,1H3. The molecule has 2 unspecified atom stereocenters. The fraction of sp³-hybridized carbons (Fsp3) is 0.333. The van der Waals surface area contributed by atoms with Gasteiger partial charge in [-0.1, -0.05) is 37.3 Å². The summed E-state index contributed by atoms with van der Waals surface area (Å²) in [6.45, 7) is 2.80. The van der Waals surface area contributed by atoms with Gasteiger partial charge in [0.1, 0.15) is 11.6 Å². The topological polar surface area (TPSA) is 12.0 Å². The SMILES string of the molecule is CCCNC(c1c(F)cccc1F)C1Cc2ccccc21. The first-order chi connectivity index (χ1) is 10.2. The molecule has 0 aromatic heterocycles. The van der Waals surface area contributed by atoms with Gasteiger partial charge in [-0.15, -0.1) is 0 Å². The molecule has 0 saturated heterocycles. The predicted molar refractivity (Wildman–Crippen MR) is 80.3 cm³/mol. The molecule has 0 saturated carbocycles. The van der Waals surface area contributed by atoms with Crippen LogP contribution in [0.15, 0.2) is 42.5 Å². The average Bonchev–Trinajstić information content (AvgIpc) is 2.45. The van der Waals surface area contributed by atoms with Crippen molar-refractivity contribution in [3.8, 4) is 0 Å². The molecule has 3 heteroatoms. The van der Waals surface area contributed by atoms with Crippen LogP contribution in [0.2, 0.25) is 0 Å². The van der Waals surface area contributed by atoms with E-state index >= 15 is 0 Å². The lowest BCUT2D eigenvalue weighted by molar-refractivity contribution is 0.382. The number of benzene rings is 2. The van der Waals surface area contributed by atoms with E-state index in [0.29, 0.717) is 0 Å². The minimum atomic E-state index is -0.465. The molecule has 0 aliphatic heterocycles. The Balaban J connectivity index is 1.96. The number of nitrogens with one attached hydrogen (secondary N) is 1. The van der Waals surface area contributed by atoms with Crippen molar-refractivity contribution < 1.29 is 8.78 Å². The molecule has 1 N–H and O–H groups in total. The highest BCUT2D eigenvalue weighted by atomic mass is 19.1. The maximum atomic E-state index is 14.1. The van der Waals surface area contributed by atoms with Gasteiger partial charge >= 0.3 is 0 Å². The Morgan fingerprint density at radius 1 is 1.10 bits per heavy atom. The minimum Gasteiger partial charge on any atom is -0.309 e. The van der Waals surface area contributed by atoms with E-state index in [1.54, 1.807) is 0 Å². The first-order valence-electron chi connectivity index (χ1n) is 7.47. The average molecular weight is 287 g/mol. The summed E-state index contributed by atoms with van der Waals surface area (Å²) in [5, 5.41) is 3.33. The van der Waals surface area contributed by atoms with E-state index in [1.165, 1.54) is 29.3 Å². The van der Waals surface area contributed by atoms with Crippen molar-refractivity contribution in [2.24, 2.45) is 0 Å².